The largest absolute Gasteiger partial charge is 0.507 e. The molecule has 7 rings (SSSR count). The summed E-state index contributed by atoms with van der Waals surface area (Å²) in [5, 5.41) is 21.9. The molecule has 0 saturated carbocycles. The molecule has 7 nitrogen and oxygen atoms in total. The fourth-order valence-corrected chi connectivity index (χ4v) is 4.40. The van der Waals surface area contributed by atoms with Crippen LogP contribution < -0.4 is 9.47 Å². The molecule has 0 aliphatic carbocycles. The van der Waals surface area contributed by atoms with Crippen LogP contribution in [-0.2, 0) is 17.6 Å². The van der Waals surface area contributed by atoms with E-state index in [1.807, 2.05) is 84.9 Å². The molecule has 0 amide bonds. The Balaban J connectivity index is 1.37. The topological polar surface area (TPSA) is 92.9 Å². The number of fused-ring (bicyclic) bond motifs is 2. The van der Waals surface area contributed by atoms with E-state index in [2.05, 4.69) is 16.6 Å². The minimum absolute atomic E-state index is 0.159. The molecule has 41 heavy (non-hydrogen) atoms. The van der Waals surface area contributed by atoms with Gasteiger partial charge in [-0.2, -0.15) is 0 Å². The molecular formula is C34H32N2O5. The maximum absolute atomic E-state index is 10.9. The average molecular weight is 549 g/mol. The molecule has 0 fully saturated rings. The predicted molar refractivity (Wildman–Crippen MR) is 162 cm³/mol. The number of ether oxygens (including phenoxy) is 3. The van der Waals surface area contributed by atoms with Crippen LogP contribution in [0.3, 0.4) is 0 Å². The highest BCUT2D eigenvalue weighted by Crippen LogP contribution is 2.29. The summed E-state index contributed by atoms with van der Waals surface area (Å²) in [7, 11) is 0. The van der Waals surface area contributed by atoms with Gasteiger partial charge in [-0.1, -0.05) is 36.4 Å². The van der Waals surface area contributed by atoms with E-state index >= 15 is 0 Å². The minimum Gasteiger partial charge on any atom is -0.507 e. The SMILES string of the molecule is C=C1Cc2cccc(c2O)C=Nc2ccc(cc2)OCCOCCOc2ccc(cc2)N=Cc2cccc(c2O)C1. The van der Waals surface area contributed by atoms with Gasteiger partial charge in [-0.15, -0.1) is 0 Å². The highest BCUT2D eigenvalue weighted by atomic mass is 16.5. The molecule has 0 radical (unpaired) electrons. The van der Waals surface area contributed by atoms with Crippen molar-refractivity contribution in [2.45, 2.75) is 12.8 Å². The maximum atomic E-state index is 10.9. The normalized spacial score (nSPS) is 14.6. The molecule has 4 aromatic carbocycles. The average Bonchev–Trinajstić information content (AvgIpc) is 2.98. The van der Waals surface area contributed by atoms with Crippen molar-refractivity contribution in [2.24, 2.45) is 9.98 Å². The Morgan fingerprint density at radius 1 is 0.561 bits per heavy atom. The summed E-state index contributed by atoms with van der Waals surface area (Å²) < 4.78 is 17.1. The molecule has 3 aliphatic rings. The van der Waals surface area contributed by atoms with Crippen LogP contribution in [-0.4, -0.2) is 49.1 Å². The van der Waals surface area contributed by atoms with Gasteiger partial charge in [0.25, 0.3) is 0 Å². The van der Waals surface area contributed by atoms with E-state index in [-0.39, 0.29) is 11.5 Å². The van der Waals surface area contributed by atoms with Gasteiger partial charge in [-0.3, -0.25) is 9.98 Å². The zero-order chi connectivity index (χ0) is 28.4. The summed E-state index contributed by atoms with van der Waals surface area (Å²) in [6.07, 6.45) is 4.19. The van der Waals surface area contributed by atoms with Crippen molar-refractivity contribution in [3.63, 3.8) is 0 Å². The third-order valence-electron chi connectivity index (χ3n) is 6.55. The fraction of sp³-hybridized carbons (Fsp3) is 0.176. The van der Waals surface area contributed by atoms with Crippen LogP contribution in [0.5, 0.6) is 23.0 Å². The van der Waals surface area contributed by atoms with Crippen molar-refractivity contribution in [1.29, 1.82) is 0 Å². The summed E-state index contributed by atoms with van der Waals surface area (Å²) in [6, 6.07) is 26.0. The Morgan fingerprint density at radius 3 is 1.44 bits per heavy atom. The van der Waals surface area contributed by atoms with Gasteiger partial charge in [0.15, 0.2) is 0 Å². The number of hydrogen-bond acceptors (Lipinski definition) is 7. The third kappa shape index (κ3) is 7.62. The van der Waals surface area contributed by atoms with Gasteiger partial charge < -0.3 is 24.4 Å². The van der Waals surface area contributed by atoms with Crippen LogP contribution in [0.15, 0.2) is 107 Å². The van der Waals surface area contributed by atoms with Crippen molar-refractivity contribution < 1.29 is 24.4 Å². The number of nitrogens with zero attached hydrogens (tertiary/aromatic N) is 2. The molecule has 0 atom stereocenters. The number of benzene rings is 4. The van der Waals surface area contributed by atoms with E-state index < -0.39 is 0 Å². The first-order valence-corrected chi connectivity index (χ1v) is 13.4. The van der Waals surface area contributed by atoms with Gasteiger partial charge in [-0.25, -0.2) is 0 Å². The lowest BCUT2D eigenvalue weighted by Gasteiger charge is -2.12. The number of allylic oxidation sites excluding steroid dienone is 1. The van der Waals surface area contributed by atoms with Crippen molar-refractivity contribution in [3.05, 3.63) is 119 Å². The zero-order valence-electron chi connectivity index (χ0n) is 22.7. The molecule has 0 aromatic heterocycles. The lowest BCUT2D eigenvalue weighted by atomic mass is 9.96. The van der Waals surface area contributed by atoms with E-state index in [1.165, 1.54) is 0 Å². The standard InChI is InChI=1S/C34H32N2O5/c1-24-20-25-4-2-6-27(33(25)37)22-35-29-8-12-31(13-9-29)40-18-16-39-17-19-41-32-14-10-30(11-15-32)36-23-28-7-3-5-26(21-24)34(28)38/h2-15,22-23,37-38H,1,16-21H2. The predicted octanol–water partition coefficient (Wildman–Crippen LogP) is 6.73. The molecule has 208 valence electrons. The Morgan fingerprint density at radius 2 is 1.00 bits per heavy atom. The third-order valence-corrected chi connectivity index (χ3v) is 6.55. The number of aromatic hydroxyl groups is 2. The number of phenolic OH excluding ortho intramolecular Hbond substituents is 2. The first kappa shape index (κ1) is 27.7. The van der Waals surface area contributed by atoms with Crippen LogP contribution in [0.4, 0.5) is 11.4 Å². The minimum atomic E-state index is 0.159. The molecule has 8 bridgehead atoms. The number of para-hydroxylation sites is 2. The van der Waals surface area contributed by atoms with Crippen molar-refractivity contribution in [3.8, 4) is 23.0 Å². The lowest BCUT2D eigenvalue weighted by Crippen LogP contribution is -2.12. The summed E-state index contributed by atoms with van der Waals surface area (Å²) in [5.41, 5.74) is 5.02. The summed E-state index contributed by atoms with van der Waals surface area (Å²) >= 11 is 0. The molecule has 0 saturated heterocycles. The van der Waals surface area contributed by atoms with E-state index in [1.54, 1.807) is 12.4 Å². The Bertz CT molecular complexity index is 1430. The maximum Gasteiger partial charge on any atom is 0.127 e. The fourth-order valence-electron chi connectivity index (χ4n) is 4.40. The summed E-state index contributed by atoms with van der Waals surface area (Å²) in [5.74, 6) is 1.76. The molecule has 0 unspecified atom stereocenters. The molecular weight excluding hydrogens is 516 g/mol. The van der Waals surface area contributed by atoms with Crippen LogP contribution in [0.1, 0.15) is 22.3 Å². The van der Waals surface area contributed by atoms with Crippen molar-refractivity contribution in [2.75, 3.05) is 26.4 Å². The lowest BCUT2D eigenvalue weighted by molar-refractivity contribution is 0.0764. The second kappa shape index (κ2) is 13.5. The molecule has 3 heterocycles. The first-order valence-electron chi connectivity index (χ1n) is 13.4. The molecule has 2 N–H and O–H groups in total. The smallest absolute Gasteiger partial charge is 0.127 e. The van der Waals surface area contributed by atoms with Crippen LogP contribution >= 0.6 is 0 Å². The van der Waals surface area contributed by atoms with Gasteiger partial charge in [-0.05, 0) is 84.6 Å². The Hall–Kier alpha value is -4.88. The Labute approximate surface area is 239 Å². The first-order chi connectivity index (χ1) is 20.0. The van der Waals surface area contributed by atoms with E-state index in [0.29, 0.717) is 50.4 Å². The number of rotatable bonds is 0. The van der Waals surface area contributed by atoms with Crippen LogP contribution in [0, 0.1) is 0 Å². The second-order valence-electron chi connectivity index (χ2n) is 9.63. The van der Waals surface area contributed by atoms with Gasteiger partial charge in [0.2, 0.25) is 0 Å². The van der Waals surface area contributed by atoms with Gasteiger partial charge in [0, 0.05) is 23.6 Å². The molecule has 7 heteroatoms. The molecule has 4 aromatic rings. The molecule has 3 aliphatic heterocycles. The van der Waals surface area contributed by atoms with Gasteiger partial charge in [0.05, 0.1) is 24.6 Å². The van der Waals surface area contributed by atoms with Crippen molar-refractivity contribution >= 4 is 23.8 Å². The number of hydrogen-bond donors (Lipinski definition) is 2. The molecule has 0 spiro atoms. The summed E-state index contributed by atoms with van der Waals surface area (Å²) in [4.78, 5) is 9.02. The Kier molecular flexibility index (Phi) is 9.08. The van der Waals surface area contributed by atoms with E-state index in [0.717, 1.165) is 39.6 Å². The second-order valence-corrected chi connectivity index (χ2v) is 9.63. The van der Waals surface area contributed by atoms with Crippen molar-refractivity contribution in [1.82, 2.24) is 0 Å². The number of phenols is 2. The zero-order valence-corrected chi connectivity index (χ0v) is 22.7. The summed E-state index contributed by atoms with van der Waals surface area (Å²) in [6.45, 7) is 5.92. The quantitative estimate of drug-likeness (QED) is 0.238. The number of aliphatic imine (C=N–C) groups is 2. The van der Waals surface area contributed by atoms with Gasteiger partial charge >= 0.3 is 0 Å². The monoisotopic (exact) mass is 548 g/mol. The highest BCUT2D eigenvalue weighted by molar-refractivity contribution is 5.87. The van der Waals surface area contributed by atoms with E-state index in [9.17, 15) is 10.2 Å². The van der Waals surface area contributed by atoms with E-state index in [4.69, 9.17) is 14.2 Å². The van der Waals surface area contributed by atoms with Gasteiger partial charge in [0.1, 0.15) is 36.2 Å². The van der Waals surface area contributed by atoms with Crippen LogP contribution in [0.2, 0.25) is 0 Å². The van der Waals surface area contributed by atoms with Crippen LogP contribution in [0.25, 0.3) is 0 Å². The highest BCUT2D eigenvalue weighted by Gasteiger charge is 2.11.